The number of halogens is 2. The molecule has 6 nitrogen and oxygen atoms in total. The molecule has 0 aliphatic heterocycles. The second-order valence-corrected chi connectivity index (χ2v) is 8.73. The lowest BCUT2D eigenvalue weighted by atomic mass is 10.1. The maximum atomic E-state index is 11.1. The van der Waals surface area contributed by atoms with Crippen LogP contribution >= 0.6 is 43.2 Å². The number of carboxylic acids is 1. The standard InChI is InChI=1S/C18H12Br2N4O2S/c1-9-12(19)4-10(5-13(9)20)7-24-8-15(22-23-24)17-21-14-3-2-11(18(25)26)6-16(14)27-17/h2-6,8H,7H2,1H3,(H,25,26). The first kappa shape index (κ1) is 18.3. The average Bonchev–Trinajstić information content (AvgIpc) is 3.25. The van der Waals surface area contributed by atoms with Crippen molar-refractivity contribution in [3.05, 3.63) is 62.2 Å². The second kappa shape index (κ2) is 7.14. The van der Waals surface area contributed by atoms with Crippen molar-refractivity contribution in [3.8, 4) is 10.7 Å². The Hall–Kier alpha value is -2.10. The Kier molecular flexibility index (Phi) is 4.83. The van der Waals surface area contributed by atoms with Gasteiger partial charge in [0.1, 0.15) is 10.7 Å². The number of nitrogens with zero attached hydrogens (tertiary/aromatic N) is 4. The Labute approximate surface area is 175 Å². The summed E-state index contributed by atoms with van der Waals surface area (Å²) in [6, 6.07) is 9.02. The summed E-state index contributed by atoms with van der Waals surface area (Å²) in [6.45, 7) is 2.62. The van der Waals surface area contributed by atoms with Gasteiger partial charge in [-0.2, -0.15) is 0 Å². The number of fused-ring (bicyclic) bond motifs is 1. The second-order valence-electron chi connectivity index (χ2n) is 5.99. The first-order chi connectivity index (χ1) is 12.9. The molecule has 0 saturated heterocycles. The topological polar surface area (TPSA) is 80.9 Å². The van der Waals surface area contributed by atoms with Crippen LogP contribution in [0.3, 0.4) is 0 Å². The number of carboxylic acid groups (broad SMARTS) is 1. The number of hydrogen-bond acceptors (Lipinski definition) is 5. The van der Waals surface area contributed by atoms with Gasteiger partial charge in [-0.05, 0) is 48.4 Å². The molecule has 1 N–H and O–H groups in total. The molecule has 0 amide bonds. The van der Waals surface area contributed by atoms with E-state index in [1.54, 1.807) is 22.9 Å². The number of hydrogen-bond donors (Lipinski definition) is 1. The molecule has 0 atom stereocenters. The Morgan fingerprint density at radius 3 is 2.67 bits per heavy atom. The molecule has 4 aromatic rings. The summed E-state index contributed by atoms with van der Waals surface area (Å²) in [5, 5.41) is 18.2. The van der Waals surface area contributed by atoms with Gasteiger partial charge in [-0.1, -0.05) is 37.1 Å². The molecule has 0 unspecified atom stereocenters. The fraction of sp³-hybridized carbons (Fsp3) is 0.111. The molecule has 4 rings (SSSR count). The molecule has 9 heteroatoms. The van der Waals surface area contributed by atoms with Crippen LogP contribution in [0.4, 0.5) is 0 Å². The van der Waals surface area contributed by atoms with Gasteiger partial charge in [0, 0.05) is 8.95 Å². The molecule has 0 spiro atoms. The van der Waals surface area contributed by atoms with Gasteiger partial charge in [0.05, 0.1) is 28.5 Å². The highest BCUT2D eigenvalue weighted by Gasteiger charge is 2.13. The third-order valence-corrected chi connectivity index (χ3v) is 6.77. The van der Waals surface area contributed by atoms with Crippen molar-refractivity contribution < 1.29 is 9.90 Å². The number of aromatic carboxylic acids is 1. The van der Waals surface area contributed by atoms with Crippen LogP contribution in [0, 0.1) is 6.92 Å². The molecule has 2 heterocycles. The number of rotatable bonds is 4. The molecule has 0 bridgehead atoms. The van der Waals surface area contributed by atoms with E-state index in [2.05, 4.69) is 59.3 Å². The van der Waals surface area contributed by atoms with E-state index in [1.165, 1.54) is 11.3 Å². The van der Waals surface area contributed by atoms with Gasteiger partial charge >= 0.3 is 5.97 Å². The number of aromatic nitrogens is 4. The van der Waals surface area contributed by atoms with Gasteiger partial charge in [-0.25, -0.2) is 14.5 Å². The zero-order valence-corrected chi connectivity index (χ0v) is 18.0. The summed E-state index contributed by atoms with van der Waals surface area (Å²) in [6.07, 6.45) is 1.84. The van der Waals surface area contributed by atoms with E-state index in [0.29, 0.717) is 17.2 Å². The molecular formula is C18H12Br2N4O2S. The number of benzene rings is 2. The zero-order valence-electron chi connectivity index (χ0n) is 14.0. The van der Waals surface area contributed by atoms with Crippen molar-refractivity contribution in [1.29, 1.82) is 0 Å². The van der Waals surface area contributed by atoms with Crippen LogP contribution in [0.5, 0.6) is 0 Å². The summed E-state index contributed by atoms with van der Waals surface area (Å²) < 4.78 is 4.64. The van der Waals surface area contributed by atoms with Crippen LogP contribution in [0.15, 0.2) is 45.5 Å². The summed E-state index contributed by atoms with van der Waals surface area (Å²) >= 11 is 8.53. The number of thiazole rings is 1. The molecule has 0 aliphatic rings. The van der Waals surface area contributed by atoms with Crippen LogP contribution < -0.4 is 0 Å². The van der Waals surface area contributed by atoms with Crippen LogP contribution in [0.2, 0.25) is 0 Å². The molecule has 0 aliphatic carbocycles. The Bertz CT molecular complexity index is 1160. The van der Waals surface area contributed by atoms with Crippen LogP contribution in [0.1, 0.15) is 21.5 Å². The smallest absolute Gasteiger partial charge is 0.335 e. The quantitative estimate of drug-likeness (QED) is 0.414. The minimum Gasteiger partial charge on any atom is -0.478 e. The molecule has 136 valence electrons. The van der Waals surface area contributed by atoms with E-state index in [0.717, 1.165) is 30.3 Å². The first-order valence-corrected chi connectivity index (χ1v) is 10.3. The normalized spacial score (nSPS) is 11.2. The third kappa shape index (κ3) is 3.67. The summed E-state index contributed by atoms with van der Waals surface area (Å²) in [5.74, 6) is -0.951. The molecular weight excluding hydrogens is 496 g/mol. The SMILES string of the molecule is Cc1c(Br)cc(Cn2cc(-c3nc4ccc(C(=O)O)cc4s3)nn2)cc1Br. The maximum absolute atomic E-state index is 11.1. The maximum Gasteiger partial charge on any atom is 0.335 e. The molecule has 0 radical (unpaired) electrons. The first-order valence-electron chi connectivity index (χ1n) is 7.89. The fourth-order valence-electron chi connectivity index (χ4n) is 2.62. The van der Waals surface area contributed by atoms with E-state index in [1.807, 2.05) is 13.1 Å². The van der Waals surface area contributed by atoms with Gasteiger partial charge in [0.2, 0.25) is 0 Å². The molecule has 27 heavy (non-hydrogen) atoms. The highest BCUT2D eigenvalue weighted by atomic mass is 79.9. The molecule has 0 fully saturated rings. The summed E-state index contributed by atoms with van der Waals surface area (Å²) in [7, 11) is 0. The van der Waals surface area contributed by atoms with Crippen molar-refractivity contribution in [1.82, 2.24) is 20.0 Å². The van der Waals surface area contributed by atoms with Gasteiger partial charge in [-0.3, -0.25) is 0 Å². The highest BCUT2D eigenvalue weighted by Crippen LogP contribution is 2.30. The Balaban J connectivity index is 1.62. The minimum atomic E-state index is -0.951. The van der Waals surface area contributed by atoms with Gasteiger partial charge < -0.3 is 5.11 Å². The van der Waals surface area contributed by atoms with Crippen LogP contribution in [0.25, 0.3) is 20.9 Å². The van der Waals surface area contributed by atoms with Gasteiger partial charge in [0.15, 0.2) is 0 Å². The van der Waals surface area contributed by atoms with Gasteiger partial charge in [-0.15, -0.1) is 16.4 Å². The molecule has 2 aromatic carbocycles. The molecule has 0 saturated carbocycles. The van der Waals surface area contributed by atoms with Gasteiger partial charge in [0.25, 0.3) is 0 Å². The predicted octanol–water partition coefficient (Wildman–Crippen LogP) is 5.13. The Morgan fingerprint density at radius 2 is 1.96 bits per heavy atom. The fourth-order valence-corrected chi connectivity index (χ4v) is 4.85. The highest BCUT2D eigenvalue weighted by molar-refractivity contribution is 9.11. The van der Waals surface area contributed by atoms with E-state index < -0.39 is 5.97 Å². The summed E-state index contributed by atoms with van der Waals surface area (Å²) in [5.41, 5.74) is 3.90. The zero-order chi connectivity index (χ0) is 19.1. The van der Waals surface area contributed by atoms with Crippen molar-refractivity contribution >= 4 is 59.4 Å². The lowest BCUT2D eigenvalue weighted by molar-refractivity contribution is 0.0697. The largest absolute Gasteiger partial charge is 0.478 e. The van der Waals surface area contributed by atoms with E-state index >= 15 is 0 Å². The number of carbonyl (C=O) groups is 1. The van der Waals surface area contributed by atoms with Crippen LogP contribution in [-0.2, 0) is 6.54 Å². The lowest BCUT2D eigenvalue weighted by Gasteiger charge is -2.06. The Morgan fingerprint density at radius 1 is 1.22 bits per heavy atom. The van der Waals surface area contributed by atoms with E-state index in [-0.39, 0.29) is 5.56 Å². The predicted molar refractivity (Wildman–Crippen MR) is 111 cm³/mol. The van der Waals surface area contributed by atoms with Crippen molar-refractivity contribution in [2.75, 3.05) is 0 Å². The lowest BCUT2D eigenvalue weighted by Crippen LogP contribution is -2.01. The molecule has 2 aromatic heterocycles. The van der Waals surface area contributed by atoms with E-state index in [4.69, 9.17) is 5.11 Å². The van der Waals surface area contributed by atoms with E-state index in [9.17, 15) is 4.79 Å². The van der Waals surface area contributed by atoms with Crippen molar-refractivity contribution in [3.63, 3.8) is 0 Å². The van der Waals surface area contributed by atoms with Crippen LogP contribution in [-0.4, -0.2) is 31.1 Å². The third-order valence-electron chi connectivity index (χ3n) is 4.08. The monoisotopic (exact) mass is 506 g/mol. The summed E-state index contributed by atoms with van der Waals surface area (Å²) in [4.78, 5) is 15.7. The van der Waals surface area contributed by atoms with Crippen molar-refractivity contribution in [2.24, 2.45) is 0 Å². The minimum absolute atomic E-state index is 0.247. The average molecular weight is 508 g/mol. The van der Waals surface area contributed by atoms with Crippen molar-refractivity contribution in [2.45, 2.75) is 13.5 Å².